The van der Waals surface area contributed by atoms with Crippen LogP contribution in [0.1, 0.15) is 5.56 Å². The zero-order chi connectivity index (χ0) is 15.5. The Balaban J connectivity index is 2.11. The van der Waals surface area contributed by atoms with Crippen LogP contribution >= 0.6 is 45.9 Å². The minimum absolute atomic E-state index is 0.590. The van der Waals surface area contributed by atoms with E-state index in [1.54, 1.807) is 29.1 Å². The van der Waals surface area contributed by atoms with Crippen molar-refractivity contribution in [1.29, 1.82) is 0 Å². The summed E-state index contributed by atoms with van der Waals surface area (Å²) in [4.78, 5) is 5.06. The van der Waals surface area contributed by atoms with E-state index < -0.39 is 0 Å². The Bertz CT molecular complexity index is 877. The summed E-state index contributed by atoms with van der Waals surface area (Å²) in [5, 5.41) is 11.8. The summed E-state index contributed by atoms with van der Waals surface area (Å²) in [6.07, 6.45) is 1.81. The fourth-order valence-corrected chi connectivity index (χ4v) is 3.83. The third-order valence-corrected chi connectivity index (χ3v) is 5.11. The van der Waals surface area contributed by atoms with Crippen molar-refractivity contribution in [3.8, 4) is 11.3 Å². The van der Waals surface area contributed by atoms with Gasteiger partial charge in [-0.05, 0) is 35.0 Å². The molecule has 0 aliphatic rings. The van der Waals surface area contributed by atoms with Crippen LogP contribution in [0.2, 0.25) is 10.0 Å². The van der Waals surface area contributed by atoms with Crippen LogP contribution in [0.25, 0.3) is 11.3 Å². The first-order valence-corrected chi connectivity index (χ1v) is 8.92. The molecule has 0 saturated heterocycles. The molecule has 7 heteroatoms. The van der Waals surface area contributed by atoms with Gasteiger partial charge >= 0.3 is 0 Å². The molecule has 2 heterocycles. The first kappa shape index (κ1) is 15.5. The molecule has 0 atom stereocenters. The maximum Gasteiger partial charge on any atom is 0.205 e. The Kier molecular flexibility index (Phi) is 4.78. The quantitative estimate of drug-likeness (QED) is 0.583. The number of nitrogens with zero attached hydrogens (tertiary/aromatic N) is 3. The van der Waals surface area contributed by atoms with Crippen molar-refractivity contribution in [3.63, 3.8) is 0 Å². The van der Waals surface area contributed by atoms with Crippen molar-refractivity contribution in [2.45, 2.75) is 0 Å². The molecule has 1 aromatic carbocycles. The first-order chi connectivity index (χ1) is 10.7. The molecule has 112 valence electrons. The average molecular weight is 368 g/mol. The number of hydrogen-bond acceptors (Lipinski definition) is 4. The average Bonchev–Trinajstić information content (AvgIpc) is 3.14. The molecule has 0 N–H and O–H groups in total. The summed E-state index contributed by atoms with van der Waals surface area (Å²) in [5.74, 6) is 0. The molecule has 3 rings (SSSR count). The van der Waals surface area contributed by atoms with Crippen LogP contribution in [-0.2, 0) is 0 Å². The van der Waals surface area contributed by atoms with E-state index in [2.05, 4.69) is 10.1 Å². The SMILES string of the molecule is CN=c1scc(-c2ccc(Cl)cc2Cl)n1/N=C/c1ccsc1. The number of aromatic nitrogens is 1. The van der Waals surface area contributed by atoms with Crippen LogP contribution in [-0.4, -0.2) is 17.9 Å². The lowest BCUT2D eigenvalue weighted by molar-refractivity contribution is 0.848. The van der Waals surface area contributed by atoms with Crippen LogP contribution in [0.3, 0.4) is 0 Å². The molecule has 0 aliphatic carbocycles. The van der Waals surface area contributed by atoms with Crippen molar-refractivity contribution in [1.82, 2.24) is 4.68 Å². The van der Waals surface area contributed by atoms with Gasteiger partial charge in [0.1, 0.15) is 0 Å². The van der Waals surface area contributed by atoms with Gasteiger partial charge in [-0.1, -0.05) is 23.2 Å². The number of halogens is 2. The van der Waals surface area contributed by atoms with Gasteiger partial charge in [-0.3, -0.25) is 4.99 Å². The Morgan fingerprint density at radius 2 is 2.05 bits per heavy atom. The van der Waals surface area contributed by atoms with Gasteiger partial charge in [0.25, 0.3) is 0 Å². The highest BCUT2D eigenvalue weighted by atomic mass is 35.5. The van der Waals surface area contributed by atoms with Crippen molar-refractivity contribution in [2.75, 3.05) is 7.05 Å². The Hall–Kier alpha value is -1.40. The highest BCUT2D eigenvalue weighted by Gasteiger charge is 2.11. The maximum absolute atomic E-state index is 6.31. The van der Waals surface area contributed by atoms with Gasteiger partial charge in [0.05, 0.1) is 16.9 Å². The summed E-state index contributed by atoms with van der Waals surface area (Å²) in [6, 6.07) is 7.45. The second kappa shape index (κ2) is 6.79. The second-order valence-corrected chi connectivity index (χ2v) is 6.82. The number of thiophene rings is 1. The number of thiazole rings is 1. The summed E-state index contributed by atoms with van der Waals surface area (Å²) in [6.45, 7) is 0. The summed E-state index contributed by atoms with van der Waals surface area (Å²) in [5.41, 5.74) is 2.82. The smallest absolute Gasteiger partial charge is 0.205 e. The van der Waals surface area contributed by atoms with E-state index in [1.165, 1.54) is 11.3 Å². The monoisotopic (exact) mass is 367 g/mol. The molecular weight excluding hydrogens is 357 g/mol. The second-order valence-electron chi connectivity index (χ2n) is 4.36. The zero-order valence-corrected chi connectivity index (χ0v) is 14.7. The summed E-state index contributed by atoms with van der Waals surface area (Å²) >= 11 is 15.4. The predicted octanol–water partition coefficient (Wildman–Crippen LogP) is 5.00. The molecule has 0 aliphatic heterocycles. The van der Waals surface area contributed by atoms with Crippen molar-refractivity contribution in [2.24, 2.45) is 10.1 Å². The van der Waals surface area contributed by atoms with E-state index in [9.17, 15) is 0 Å². The summed E-state index contributed by atoms with van der Waals surface area (Å²) < 4.78 is 1.79. The van der Waals surface area contributed by atoms with Crippen molar-refractivity contribution >= 4 is 52.1 Å². The molecule has 2 aromatic heterocycles. The molecule has 0 amide bonds. The lowest BCUT2D eigenvalue weighted by atomic mass is 10.2. The van der Waals surface area contributed by atoms with Gasteiger partial charge in [-0.25, -0.2) is 4.68 Å². The summed E-state index contributed by atoms with van der Waals surface area (Å²) in [7, 11) is 1.75. The van der Waals surface area contributed by atoms with Crippen LogP contribution in [0.5, 0.6) is 0 Å². The molecular formula is C15H11Cl2N3S2. The Morgan fingerprint density at radius 1 is 1.18 bits per heavy atom. The topological polar surface area (TPSA) is 29.6 Å². The van der Waals surface area contributed by atoms with E-state index in [-0.39, 0.29) is 0 Å². The van der Waals surface area contributed by atoms with Crippen LogP contribution in [0.15, 0.2) is 50.5 Å². The van der Waals surface area contributed by atoms with E-state index in [0.717, 1.165) is 21.6 Å². The van der Waals surface area contributed by atoms with E-state index in [4.69, 9.17) is 23.2 Å². The molecule has 3 nitrogen and oxygen atoms in total. The largest absolute Gasteiger partial charge is 0.261 e. The Morgan fingerprint density at radius 3 is 2.73 bits per heavy atom. The predicted molar refractivity (Wildman–Crippen MR) is 96.6 cm³/mol. The Labute approximate surface area is 145 Å². The van der Waals surface area contributed by atoms with Gasteiger partial charge in [0.15, 0.2) is 0 Å². The fraction of sp³-hybridized carbons (Fsp3) is 0.0667. The van der Waals surface area contributed by atoms with E-state index in [1.807, 2.05) is 40.6 Å². The molecule has 0 radical (unpaired) electrons. The minimum Gasteiger partial charge on any atom is -0.261 e. The van der Waals surface area contributed by atoms with E-state index >= 15 is 0 Å². The number of hydrogen-bond donors (Lipinski definition) is 0. The molecule has 22 heavy (non-hydrogen) atoms. The van der Waals surface area contributed by atoms with Crippen LogP contribution in [0.4, 0.5) is 0 Å². The number of benzene rings is 1. The van der Waals surface area contributed by atoms with Gasteiger partial charge in [0.2, 0.25) is 4.80 Å². The standard InChI is InChI=1S/C15H11Cl2N3S2/c1-18-15-20(19-7-10-4-5-21-8-10)14(9-22-15)12-3-2-11(16)6-13(12)17/h2-9H,1H3/b18-15?,19-7+. The molecule has 3 aromatic rings. The van der Waals surface area contributed by atoms with Gasteiger partial charge in [0, 0.05) is 28.6 Å². The molecule has 0 spiro atoms. The zero-order valence-electron chi connectivity index (χ0n) is 11.5. The normalized spacial score (nSPS) is 12.4. The lowest BCUT2D eigenvalue weighted by Crippen LogP contribution is -2.11. The van der Waals surface area contributed by atoms with Crippen LogP contribution in [0, 0.1) is 0 Å². The van der Waals surface area contributed by atoms with Crippen LogP contribution < -0.4 is 4.80 Å². The first-order valence-electron chi connectivity index (χ1n) is 6.34. The lowest BCUT2D eigenvalue weighted by Gasteiger charge is -2.05. The van der Waals surface area contributed by atoms with E-state index in [0.29, 0.717) is 10.0 Å². The molecule has 0 fully saturated rings. The highest BCUT2D eigenvalue weighted by molar-refractivity contribution is 7.08. The maximum atomic E-state index is 6.31. The fourth-order valence-electron chi connectivity index (χ4n) is 1.92. The third kappa shape index (κ3) is 3.17. The van der Waals surface area contributed by atoms with Gasteiger partial charge in [-0.15, -0.1) is 11.3 Å². The molecule has 0 unspecified atom stereocenters. The van der Waals surface area contributed by atoms with Gasteiger partial charge < -0.3 is 0 Å². The van der Waals surface area contributed by atoms with Gasteiger partial charge in [-0.2, -0.15) is 16.4 Å². The number of rotatable bonds is 3. The molecule has 0 bridgehead atoms. The third-order valence-electron chi connectivity index (χ3n) is 2.95. The molecule has 0 saturated carbocycles. The minimum atomic E-state index is 0.590. The van der Waals surface area contributed by atoms with Crippen molar-refractivity contribution < 1.29 is 0 Å². The highest BCUT2D eigenvalue weighted by Crippen LogP contribution is 2.30. The van der Waals surface area contributed by atoms with Crippen molar-refractivity contribution in [3.05, 3.63) is 60.8 Å².